The van der Waals surface area contributed by atoms with Crippen molar-refractivity contribution in [3.8, 4) is 11.8 Å². The summed E-state index contributed by atoms with van der Waals surface area (Å²) in [6.45, 7) is 0.564. The standard InChI is InChI=1S/C19H19ClN4O2/c1-26-16-4-2-3-13(9-16)7-8-23-12-14(11-21)19(25)24-18-6-5-15(22)10-17(18)20/h2-6,9-10,12,23H,7-8,22H2,1H3,(H,24,25)/b14-12-. The van der Waals surface area contributed by atoms with Gasteiger partial charge in [0.1, 0.15) is 17.4 Å². The summed E-state index contributed by atoms with van der Waals surface area (Å²) in [5, 5.41) is 15.1. The van der Waals surface area contributed by atoms with Gasteiger partial charge >= 0.3 is 0 Å². The number of rotatable bonds is 7. The molecule has 1 amide bonds. The van der Waals surface area contributed by atoms with Gasteiger partial charge in [-0.05, 0) is 42.3 Å². The van der Waals surface area contributed by atoms with Gasteiger partial charge in [-0.1, -0.05) is 23.7 Å². The number of halogens is 1. The minimum Gasteiger partial charge on any atom is -0.497 e. The lowest BCUT2D eigenvalue weighted by Crippen LogP contribution is -2.18. The minimum absolute atomic E-state index is 0.0523. The first-order valence-electron chi connectivity index (χ1n) is 7.86. The number of carbonyl (C=O) groups excluding carboxylic acids is 1. The van der Waals surface area contributed by atoms with Crippen molar-refractivity contribution in [3.05, 3.63) is 64.8 Å². The SMILES string of the molecule is COc1cccc(CCN/C=C(/C#N)C(=O)Nc2ccc(N)cc2Cl)c1. The van der Waals surface area contributed by atoms with Gasteiger partial charge in [-0.25, -0.2) is 0 Å². The second-order valence-electron chi connectivity index (χ2n) is 5.42. The van der Waals surface area contributed by atoms with E-state index in [1.54, 1.807) is 19.2 Å². The first-order chi connectivity index (χ1) is 12.5. The Labute approximate surface area is 157 Å². The van der Waals surface area contributed by atoms with Crippen LogP contribution in [0, 0.1) is 11.3 Å². The van der Waals surface area contributed by atoms with Crippen molar-refractivity contribution in [2.75, 3.05) is 24.7 Å². The van der Waals surface area contributed by atoms with E-state index in [9.17, 15) is 10.1 Å². The van der Waals surface area contributed by atoms with E-state index in [-0.39, 0.29) is 5.57 Å². The first-order valence-corrected chi connectivity index (χ1v) is 8.24. The predicted octanol–water partition coefficient (Wildman–Crippen LogP) is 3.11. The van der Waals surface area contributed by atoms with Gasteiger partial charge in [-0.3, -0.25) is 4.79 Å². The third-order valence-corrected chi connectivity index (χ3v) is 3.86. The molecule has 0 radical (unpaired) electrons. The third-order valence-electron chi connectivity index (χ3n) is 3.54. The number of ether oxygens (including phenoxy) is 1. The Morgan fingerprint density at radius 3 is 2.85 bits per heavy atom. The minimum atomic E-state index is -0.548. The summed E-state index contributed by atoms with van der Waals surface area (Å²) in [4.78, 5) is 12.2. The van der Waals surface area contributed by atoms with Crippen LogP contribution in [0.3, 0.4) is 0 Å². The fourth-order valence-electron chi connectivity index (χ4n) is 2.19. The zero-order valence-corrected chi connectivity index (χ0v) is 15.0. The molecule has 0 aliphatic carbocycles. The van der Waals surface area contributed by atoms with E-state index < -0.39 is 5.91 Å². The van der Waals surface area contributed by atoms with Crippen LogP contribution in [0.5, 0.6) is 5.75 Å². The summed E-state index contributed by atoms with van der Waals surface area (Å²) in [6.07, 6.45) is 2.11. The molecule has 7 heteroatoms. The lowest BCUT2D eigenvalue weighted by atomic mass is 10.1. The van der Waals surface area contributed by atoms with Crippen LogP contribution in [0.2, 0.25) is 5.02 Å². The molecule has 0 bridgehead atoms. The number of nitrogens with two attached hydrogens (primary N) is 1. The molecule has 26 heavy (non-hydrogen) atoms. The maximum Gasteiger partial charge on any atom is 0.267 e. The topological polar surface area (TPSA) is 100 Å². The van der Waals surface area contributed by atoms with Crippen LogP contribution in [0.15, 0.2) is 54.2 Å². The molecule has 0 saturated carbocycles. The number of amides is 1. The summed E-state index contributed by atoms with van der Waals surface area (Å²) in [6, 6.07) is 14.3. The first kappa shape index (κ1) is 19.2. The third kappa shape index (κ3) is 5.43. The number of nitriles is 1. The maximum atomic E-state index is 12.2. The summed E-state index contributed by atoms with van der Waals surface area (Å²) in [7, 11) is 1.62. The highest BCUT2D eigenvalue weighted by Crippen LogP contribution is 2.24. The van der Waals surface area contributed by atoms with Gasteiger partial charge in [0.25, 0.3) is 5.91 Å². The quantitative estimate of drug-likeness (QED) is 0.301. The molecule has 0 unspecified atom stereocenters. The normalized spacial score (nSPS) is 10.7. The molecule has 0 atom stereocenters. The Hall–Kier alpha value is -3.17. The van der Waals surface area contributed by atoms with Gasteiger partial charge in [0.2, 0.25) is 0 Å². The summed E-state index contributed by atoms with van der Waals surface area (Å²) >= 11 is 6.02. The molecule has 0 spiro atoms. The number of nitrogen functional groups attached to an aromatic ring is 1. The van der Waals surface area contributed by atoms with Crippen molar-refractivity contribution < 1.29 is 9.53 Å². The van der Waals surface area contributed by atoms with Crippen LogP contribution in [0.25, 0.3) is 0 Å². The molecule has 6 nitrogen and oxygen atoms in total. The van der Waals surface area contributed by atoms with Crippen LogP contribution in [-0.4, -0.2) is 19.6 Å². The number of methoxy groups -OCH3 is 1. The largest absolute Gasteiger partial charge is 0.497 e. The highest BCUT2D eigenvalue weighted by molar-refractivity contribution is 6.34. The maximum absolute atomic E-state index is 12.2. The van der Waals surface area contributed by atoms with Crippen molar-refractivity contribution >= 4 is 28.9 Å². The molecule has 0 saturated heterocycles. The fraction of sp³-hybridized carbons (Fsp3) is 0.158. The molecular weight excluding hydrogens is 352 g/mol. The number of nitrogens with one attached hydrogen (secondary N) is 2. The van der Waals surface area contributed by atoms with E-state index in [1.807, 2.05) is 30.3 Å². The van der Waals surface area contributed by atoms with Gasteiger partial charge in [-0.15, -0.1) is 0 Å². The predicted molar refractivity (Wildman–Crippen MR) is 103 cm³/mol. The highest BCUT2D eigenvalue weighted by Gasteiger charge is 2.11. The molecule has 4 N–H and O–H groups in total. The monoisotopic (exact) mass is 370 g/mol. The van der Waals surface area contributed by atoms with Crippen molar-refractivity contribution in [2.24, 2.45) is 0 Å². The summed E-state index contributed by atoms with van der Waals surface area (Å²) < 4.78 is 5.17. The summed E-state index contributed by atoms with van der Waals surface area (Å²) in [5.74, 6) is 0.239. The van der Waals surface area contributed by atoms with Crippen LogP contribution < -0.4 is 21.1 Å². The average Bonchev–Trinajstić information content (AvgIpc) is 2.64. The van der Waals surface area contributed by atoms with Gasteiger partial charge in [-0.2, -0.15) is 5.26 Å². The summed E-state index contributed by atoms with van der Waals surface area (Å²) in [5.41, 5.74) is 7.53. The van der Waals surface area contributed by atoms with Gasteiger partial charge in [0.15, 0.2) is 0 Å². The van der Waals surface area contributed by atoms with Gasteiger partial charge < -0.3 is 21.1 Å². The Bertz CT molecular complexity index is 859. The van der Waals surface area contributed by atoms with Crippen LogP contribution in [-0.2, 0) is 11.2 Å². The lowest BCUT2D eigenvalue weighted by Gasteiger charge is -2.08. The Morgan fingerprint density at radius 2 is 2.15 bits per heavy atom. The number of nitrogens with zero attached hydrogens (tertiary/aromatic N) is 1. The van der Waals surface area contributed by atoms with E-state index in [0.717, 1.165) is 17.7 Å². The number of anilines is 2. The van der Waals surface area contributed by atoms with E-state index in [4.69, 9.17) is 22.1 Å². The molecule has 0 fully saturated rings. The van der Waals surface area contributed by atoms with Crippen molar-refractivity contribution in [1.82, 2.24) is 5.32 Å². The highest BCUT2D eigenvalue weighted by atomic mass is 35.5. The molecule has 134 valence electrons. The second kappa shape index (κ2) is 9.35. The smallest absolute Gasteiger partial charge is 0.267 e. The molecule has 0 aliphatic rings. The van der Waals surface area contributed by atoms with Crippen LogP contribution in [0.4, 0.5) is 11.4 Å². The molecule has 0 aromatic heterocycles. The van der Waals surface area contributed by atoms with E-state index in [2.05, 4.69) is 10.6 Å². The fourth-order valence-corrected chi connectivity index (χ4v) is 2.43. The molecule has 0 aliphatic heterocycles. The molecule has 0 heterocycles. The Morgan fingerprint density at radius 1 is 1.35 bits per heavy atom. The van der Waals surface area contributed by atoms with Gasteiger partial charge in [0, 0.05) is 18.4 Å². The van der Waals surface area contributed by atoms with Gasteiger partial charge in [0.05, 0.1) is 17.8 Å². The lowest BCUT2D eigenvalue weighted by molar-refractivity contribution is -0.112. The molecular formula is C19H19ClN4O2. The average molecular weight is 371 g/mol. The van der Waals surface area contributed by atoms with Crippen LogP contribution in [0.1, 0.15) is 5.56 Å². The van der Waals surface area contributed by atoms with Crippen molar-refractivity contribution in [1.29, 1.82) is 5.26 Å². The number of benzene rings is 2. The molecule has 2 aromatic carbocycles. The van der Waals surface area contributed by atoms with E-state index in [1.165, 1.54) is 12.3 Å². The van der Waals surface area contributed by atoms with Crippen LogP contribution >= 0.6 is 11.6 Å². The molecule has 2 rings (SSSR count). The Kier molecular flexibility index (Phi) is 6.89. The second-order valence-corrected chi connectivity index (χ2v) is 5.83. The van der Waals surface area contributed by atoms with Crippen molar-refractivity contribution in [3.63, 3.8) is 0 Å². The zero-order valence-electron chi connectivity index (χ0n) is 14.3. The van der Waals surface area contributed by atoms with E-state index in [0.29, 0.717) is 22.9 Å². The van der Waals surface area contributed by atoms with Crippen molar-refractivity contribution in [2.45, 2.75) is 6.42 Å². The molecule has 2 aromatic rings. The zero-order chi connectivity index (χ0) is 18.9. The number of hydrogen-bond donors (Lipinski definition) is 3. The number of carbonyl (C=O) groups is 1. The Balaban J connectivity index is 1.92. The number of hydrogen-bond acceptors (Lipinski definition) is 5. The van der Waals surface area contributed by atoms with E-state index >= 15 is 0 Å².